The largest absolute Gasteiger partial charge is 0.381 e. The summed E-state index contributed by atoms with van der Waals surface area (Å²) in [6.07, 6.45) is 10.5. The zero-order valence-electron chi connectivity index (χ0n) is 17.4. The summed E-state index contributed by atoms with van der Waals surface area (Å²) >= 11 is 0. The molecule has 29 heavy (non-hydrogen) atoms. The molecule has 1 atom stereocenters. The molecular formula is C23H32N4O2. The molecule has 0 aromatic carbocycles. The van der Waals surface area contributed by atoms with Crippen LogP contribution in [0.4, 0.5) is 0 Å². The van der Waals surface area contributed by atoms with E-state index in [0.29, 0.717) is 24.2 Å². The predicted octanol–water partition coefficient (Wildman–Crippen LogP) is 3.52. The van der Waals surface area contributed by atoms with Gasteiger partial charge in [0.2, 0.25) is 0 Å². The first-order valence-electron chi connectivity index (χ1n) is 11.1. The summed E-state index contributed by atoms with van der Waals surface area (Å²) in [5.74, 6) is 0.314. The summed E-state index contributed by atoms with van der Waals surface area (Å²) in [5, 5.41) is 4.13. The summed E-state index contributed by atoms with van der Waals surface area (Å²) in [7, 11) is 0. The van der Waals surface area contributed by atoms with E-state index in [-0.39, 0.29) is 5.91 Å². The topological polar surface area (TPSA) is 67.4 Å². The highest BCUT2D eigenvalue weighted by atomic mass is 16.5. The second-order valence-electron chi connectivity index (χ2n) is 8.37. The maximum absolute atomic E-state index is 12.8. The normalized spacial score (nSPS) is 21.3. The van der Waals surface area contributed by atoms with Crippen LogP contribution in [0.1, 0.15) is 67.4 Å². The highest BCUT2D eigenvalue weighted by Gasteiger charge is 2.21. The molecule has 156 valence electrons. The van der Waals surface area contributed by atoms with Crippen LogP contribution < -0.4 is 5.32 Å². The van der Waals surface area contributed by atoms with Gasteiger partial charge >= 0.3 is 0 Å². The van der Waals surface area contributed by atoms with Crippen molar-refractivity contribution >= 4 is 16.8 Å². The second kappa shape index (κ2) is 9.63. The first-order valence-corrected chi connectivity index (χ1v) is 11.1. The number of piperidine rings is 1. The van der Waals surface area contributed by atoms with E-state index in [4.69, 9.17) is 4.74 Å². The van der Waals surface area contributed by atoms with Crippen molar-refractivity contribution in [2.45, 2.75) is 57.4 Å². The lowest BCUT2D eigenvalue weighted by molar-refractivity contribution is 0.0855. The molecular weight excluding hydrogens is 364 g/mol. The average molecular weight is 397 g/mol. The van der Waals surface area contributed by atoms with E-state index < -0.39 is 0 Å². The molecule has 4 rings (SSSR count). The molecule has 0 unspecified atom stereocenters. The van der Waals surface area contributed by atoms with Crippen molar-refractivity contribution in [1.82, 2.24) is 20.2 Å². The lowest BCUT2D eigenvalue weighted by atomic mass is 9.89. The fourth-order valence-electron chi connectivity index (χ4n) is 4.62. The molecule has 2 aromatic rings. The lowest BCUT2D eigenvalue weighted by Gasteiger charge is -2.33. The molecule has 0 spiro atoms. The number of hydrogen-bond acceptors (Lipinski definition) is 5. The fourth-order valence-corrected chi connectivity index (χ4v) is 4.62. The van der Waals surface area contributed by atoms with Crippen molar-refractivity contribution < 1.29 is 9.53 Å². The number of pyridine rings is 2. The predicted molar refractivity (Wildman–Crippen MR) is 114 cm³/mol. The van der Waals surface area contributed by atoms with Gasteiger partial charge in [-0.15, -0.1) is 0 Å². The van der Waals surface area contributed by atoms with E-state index in [2.05, 4.69) is 27.1 Å². The summed E-state index contributed by atoms with van der Waals surface area (Å²) in [5.41, 5.74) is 2.53. The first kappa shape index (κ1) is 20.2. The molecule has 0 aliphatic carbocycles. The quantitative estimate of drug-likeness (QED) is 0.757. The third-order valence-electron chi connectivity index (χ3n) is 6.38. The van der Waals surface area contributed by atoms with Crippen LogP contribution in [-0.2, 0) is 4.74 Å². The maximum Gasteiger partial charge on any atom is 0.269 e. The Kier molecular flexibility index (Phi) is 6.72. The van der Waals surface area contributed by atoms with Crippen LogP contribution in [0.15, 0.2) is 24.5 Å². The molecule has 0 radical (unpaired) electrons. The van der Waals surface area contributed by atoms with Gasteiger partial charge in [-0.1, -0.05) is 6.42 Å². The monoisotopic (exact) mass is 396 g/mol. The Bertz CT molecular complexity index is 835. The van der Waals surface area contributed by atoms with E-state index >= 15 is 0 Å². The highest BCUT2D eigenvalue weighted by molar-refractivity contribution is 5.95. The molecule has 2 aliphatic heterocycles. The molecule has 6 heteroatoms. The molecule has 2 saturated heterocycles. The Hall–Kier alpha value is -2.05. The molecule has 0 bridgehead atoms. The van der Waals surface area contributed by atoms with Crippen LogP contribution in [-0.4, -0.2) is 59.7 Å². The standard InChI is InChI=1S/C23H32N4O2/c1-17-5-2-3-11-27(17)12-4-9-25-23(28)22-15-19(18-7-13-29-14-8-18)20-16-24-10-6-21(20)26-22/h6,10,15-18H,2-5,7-9,11-14H2,1H3,(H,25,28)/t17-/m1/s1. The van der Waals surface area contributed by atoms with Gasteiger partial charge in [-0.05, 0) is 69.2 Å². The number of carbonyl (C=O) groups excluding carboxylic acids is 1. The fraction of sp³-hybridized carbons (Fsp3) is 0.609. The number of nitrogens with zero attached hydrogens (tertiary/aromatic N) is 3. The molecule has 2 aromatic heterocycles. The Morgan fingerprint density at radius 1 is 1.28 bits per heavy atom. The van der Waals surface area contributed by atoms with Gasteiger partial charge in [0, 0.05) is 50.1 Å². The minimum absolute atomic E-state index is 0.0799. The number of rotatable bonds is 6. The summed E-state index contributed by atoms with van der Waals surface area (Å²) in [6.45, 7) is 6.76. The highest BCUT2D eigenvalue weighted by Crippen LogP contribution is 2.32. The first-order chi connectivity index (χ1) is 14.2. The van der Waals surface area contributed by atoms with Gasteiger partial charge < -0.3 is 15.0 Å². The average Bonchev–Trinajstić information content (AvgIpc) is 2.77. The van der Waals surface area contributed by atoms with Gasteiger partial charge in [-0.25, -0.2) is 4.98 Å². The van der Waals surface area contributed by atoms with Crippen molar-refractivity contribution in [2.24, 2.45) is 0 Å². The summed E-state index contributed by atoms with van der Waals surface area (Å²) in [4.78, 5) is 24.2. The van der Waals surface area contributed by atoms with E-state index in [1.54, 1.807) is 6.20 Å². The maximum atomic E-state index is 12.8. The number of aromatic nitrogens is 2. The second-order valence-corrected chi connectivity index (χ2v) is 8.37. The Morgan fingerprint density at radius 3 is 2.97 bits per heavy atom. The van der Waals surface area contributed by atoms with Crippen molar-refractivity contribution in [3.63, 3.8) is 0 Å². The van der Waals surface area contributed by atoms with E-state index in [9.17, 15) is 4.79 Å². The third-order valence-corrected chi connectivity index (χ3v) is 6.38. The Morgan fingerprint density at radius 2 is 2.14 bits per heavy atom. The number of hydrogen-bond donors (Lipinski definition) is 1. The molecule has 4 heterocycles. The zero-order valence-corrected chi connectivity index (χ0v) is 17.4. The molecule has 2 fully saturated rings. The Balaban J connectivity index is 1.41. The van der Waals surface area contributed by atoms with Crippen LogP contribution in [0.5, 0.6) is 0 Å². The van der Waals surface area contributed by atoms with Crippen molar-refractivity contribution in [1.29, 1.82) is 0 Å². The molecule has 1 N–H and O–H groups in total. The van der Waals surface area contributed by atoms with Crippen LogP contribution in [0.25, 0.3) is 10.9 Å². The lowest BCUT2D eigenvalue weighted by Crippen LogP contribution is -2.39. The Labute approximate surface area is 173 Å². The minimum atomic E-state index is -0.0799. The van der Waals surface area contributed by atoms with Gasteiger partial charge in [-0.2, -0.15) is 0 Å². The zero-order chi connectivity index (χ0) is 20.1. The minimum Gasteiger partial charge on any atom is -0.381 e. The number of carbonyl (C=O) groups is 1. The number of nitrogens with one attached hydrogen (secondary N) is 1. The van der Waals surface area contributed by atoms with Gasteiger partial charge in [0.05, 0.1) is 5.52 Å². The molecule has 2 aliphatic rings. The van der Waals surface area contributed by atoms with Crippen LogP contribution in [0.3, 0.4) is 0 Å². The number of likely N-dealkylation sites (tertiary alicyclic amines) is 1. The SMILES string of the molecule is C[C@@H]1CCCCN1CCCNC(=O)c1cc(C2CCOCC2)c2cnccc2n1. The summed E-state index contributed by atoms with van der Waals surface area (Å²) in [6, 6.07) is 4.53. The van der Waals surface area contributed by atoms with Gasteiger partial charge in [-0.3, -0.25) is 9.78 Å². The van der Waals surface area contributed by atoms with Gasteiger partial charge in [0.25, 0.3) is 5.91 Å². The number of fused-ring (bicyclic) bond motifs is 1. The van der Waals surface area contributed by atoms with Crippen molar-refractivity contribution in [3.8, 4) is 0 Å². The van der Waals surface area contributed by atoms with E-state index in [1.165, 1.54) is 31.4 Å². The number of ether oxygens (including phenoxy) is 1. The molecule has 0 saturated carbocycles. The van der Waals surface area contributed by atoms with Crippen LogP contribution in [0.2, 0.25) is 0 Å². The van der Waals surface area contributed by atoms with Gasteiger partial charge in [0.15, 0.2) is 0 Å². The molecule has 1 amide bonds. The summed E-state index contributed by atoms with van der Waals surface area (Å²) < 4.78 is 5.52. The molecule has 6 nitrogen and oxygen atoms in total. The van der Waals surface area contributed by atoms with Crippen molar-refractivity contribution in [2.75, 3.05) is 32.8 Å². The van der Waals surface area contributed by atoms with Crippen LogP contribution in [0, 0.1) is 0 Å². The van der Waals surface area contributed by atoms with E-state index in [0.717, 1.165) is 49.9 Å². The van der Waals surface area contributed by atoms with Crippen molar-refractivity contribution in [3.05, 3.63) is 35.8 Å². The smallest absolute Gasteiger partial charge is 0.269 e. The van der Waals surface area contributed by atoms with Crippen LogP contribution >= 0.6 is 0 Å². The number of amides is 1. The third kappa shape index (κ3) is 4.93. The van der Waals surface area contributed by atoms with E-state index in [1.807, 2.05) is 18.3 Å². The van der Waals surface area contributed by atoms with Gasteiger partial charge in [0.1, 0.15) is 5.69 Å².